The van der Waals surface area contributed by atoms with Gasteiger partial charge in [0, 0.05) is 21.7 Å². The quantitative estimate of drug-likeness (QED) is 0.201. The molecule has 0 unspecified atom stereocenters. The Morgan fingerprint density at radius 2 is 0.345 bits per heavy atom. The van der Waals surface area contributed by atoms with Gasteiger partial charge in [-0.15, -0.1) is 0 Å². The minimum Gasteiger partial charge on any atom is -0.431 e. The summed E-state index contributed by atoms with van der Waals surface area (Å²) in [6, 6.07) is 0. The Morgan fingerprint density at radius 1 is 0.218 bits per heavy atom. The van der Waals surface area contributed by atoms with Gasteiger partial charge in [-0.25, -0.2) is 0 Å². The molecule has 0 radical (unpaired) electrons. The van der Waals surface area contributed by atoms with Crippen LogP contribution in [0.1, 0.15) is 257 Å². The van der Waals surface area contributed by atoms with Crippen LogP contribution in [0.2, 0.25) is 33.2 Å². The summed E-state index contributed by atoms with van der Waals surface area (Å²) in [5.74, 6) is 0. The van der Waals surface area contributed by atoms with E-state index in [1.807, 2.05) is 0 Å². The number of hydrogen-bond acceptors (Lipinski definition) is 4. The second-order valence-corrected chi connectivity index (χ2v) is 28.8. The molecule has 55 heavy (non-hydrogen) atoms. The van der Waals surface area contributed by atoms with E-state index in [4.69, 9.17) is 10.2 Å². The van der Waals surface area contributed by atoms with Crippen LogP contribution in [-0.4, -0.2) is 48.6 Å². The Kier molecular flexibility index (Phi) is 23.9. The van der Waals surface area contributed by atoms with Gasteiger partial charge in [0.2, 0.25) is 0 Å². The molecule has 320 valence electrons. The van der Waals surface area contributed by atoms with Gasteiger partial charge in [0.1, 0.15) is 0 Å². The van der Waals surface area contributed by atoms with Gasteiger partial charge in [-0.3, -0.25) is 0 Å². The average molecular weight is 837 g/mol. The van der Waals surface area contributed by atoms with Crippen LogP contribution < -0.4 is 0 Å². The average Bonchev–Trinajstić information content (AvgIpc) is 3.26. The van der Waals surface area contributed by atoms with E-state index >= 15 is 0 Å². The van der Waals surface area contributed by atoms with Gasteiger partial charge in [0.05, 0.1) is 12.2 Å². The molecule has 0 saturated heterocycles. The van der Waals surface area contributed by atoms with Crippen molar-refractivity contribution in [2.45, 2.75) is 302 Å². The third-order valence-electron chi connectivity index (χ3n) is 16.7. The van der Waals surface area contributed by atoms with Crippen molar-refractivity contribution in [2.24, 2.45) is 0 Å². The molecule has 8 saturated carbocycles. The first-order valence-electron chi connectivity index (χ1n) is 25.2. The van der Waals surface area contributed by atoms with Crippen molar-refractivity contribution in [3.63, 3.8) is 0 Å². The zero-order chi connectivity index (χ0) is 37.9. The Balaban J connectivity index is 0.000000180. The molecule has 0 bridgehead atoms. The fraction of sp³-hybridized carbons (Fsp3) is 1.00. The van der Waals surface area contributed by atoms with Gasteiger partial charge in [0.25, 0.3) is 0 Å². The smallest absolute Gasteiger partial charge is 0.197 e. The topological polar surface area (TPSA) is 80.9 Å². The van der Waals surface area contributed by atoms with Crippen LogP contribution in [0.25, 0.3) is 0 Å². The van der Waals surface area contributed by atoms with E-state index in [2.05, 4.69) is 0 Å². The minimum absolute atomic E-state index is 0. The van der Waals surface area contributed by atoms with E-state index in [1.54, 1.807) is 0 Å². The maximum absolute atomic E-state index is 12.0. The van der Waals surface area contributed by atoms with Crippen LogP contribution in [0, 0.1) is 0 Å². The first-order valence-corrected chi connectivity index (χ1v) is 29.6. The first kappa shape index (κ1) is 48.7. The number of hydrogen-bond donors (Lipinski definition) is 4. The third kappa shape index (κ3) is 15.1. The fourth-order valence-corrected chi connectivity index (χ4v) is 25.6. The molecule has 8 aliphatic carbocycles. The van der Waals surface area contributed by atoms with Crippen LogP contribution in [0.5, 0.6) is 0 Å². The molecule has 0 aromatic rings. The second-order valence-electron chi connectivity index (χ2n) is 20.4. The van der Waals surface area contributed by atoms with Gasteiger partial charge in [0.15, 0.2) is 16.6 Å². The van der Waals surface area contributed by atoms with Gasteiger partial charge in [-0.2, -0.15) is 0 Å². The molecule has 0 spiro atoms. The minimum atomic E-state index is -2.05. The molecule has 0 aromatic heterocycles. The van der Waals surface area contributed by atoms with Gasteiger partial charge >= 0.3 is 0 Å². The van der Waals surface area contributed by atoms with Gasteiger partial charge < -0.3 is 19.8 Å². The standard InChI is InChI=1S/2C18H34OSi.2C6H12O.Ti/c2*19-20(16-10-4-1-5-11-16,17-12-6-2-7-13-17)18-14-8-3-9-15-18;2*7-6-4-2-1-3-5-6;/h2*16-19H,1-15H2;2*6-7H,1-5H2;. The molecule has 0 aromatic carbocycles. The Bertz CT molecular complexity index is 770. The summed E-state index contributed by atoms with van der Waals surface area (Å²) in [5, 5.41) is 17.8. The summed E-state index contributed by atoms with van der Waals surface area (Å²) in [5.41, 5.74) is 4.60. The van der Waals surface area contributed by atoms with Crippen LogP contribution >= 0.6 is 0 Å². The van der Waals surface area contributed by atoms with Gasteiger partial charge in [-0.1, -0.05) is 231 Å². The predicted octanol–water partition coefficient (Wildman–Crippen LogP) is 14.5. The van der Waals surface area contributed by atoms with Crippen molar-refractivity contribution in [3.8, 4) is 0 Å². The predicted molar refractivity (Wildman–Crippen MR) is 235 cm³/mol. The zero-order valence-electron chi connectivity index (χ0n) is 36.2. The number of aliphatic hydroxyl groups is 2. The van der Waals surface area contributed by atoms with E-state index in [-0.39, 0.29) is 33.9 Å². The molecule has 4 nitrogen and oxygen atoms in total. The van der Waals surface area contributed by atoms with Crippen LogP contribution in [0.3, 0.4) is 0 Å². The monoisotopic (exact) mass is 837 g/mol. The molecule has 0 aliphatic heterocycles. The Morgan fingerprint density at radius 3 is 0.455 bits per heavy atom. The molecule has 4 N–H and O–H groups in total. The first-order chi connectivity index (χ1) is 26.4. The molecule has 8 rings (SSSR count). The number of rotatable bonds is 6. The van der Waals surface area contributed by atoms with E-state index in [0.717, 1.165) is 58.9 Å². The van der Waals surface area contributed by atoms with Crippen molar-refractivity contribution in [1.29, 1.82) is 0 Å². The molecule has 8 fully saturated rings. The largest absolute Gasteiger partial charge is 0.431 e. The molecule has 7 heteroatoms. The van der Waals surface area contributed by atoms with E-state index in [9.17, 15) is 9.59 Å². The van der Waals surface area contributed by atoms with Crippen molar-refractivity contribution >= 4 is 16.6 Å². The van der Waals surface area contributed by atoms with Crippen LogP contribution in [-0.2, 0) is 21.7 Å². The van der Waals surface area contributed by atoms with Crippen LogP contribution in [0.4, 0.5) is 0 Å². The number of aliphatic hydroxyl groups excluding tert-OH is 2. The maximum atomic E-state index is 12.0. The molecule has 0 atom stereocenters. The third-order valence-corrected chi connectivity index (χ3v) is 28.0. The van der Waals surface area contributed by atoms with Crippen molar-refractivity contribution in [2.75, 3.05) is 0 Å². The second kappa shape index (κ2) is 27.0. The molecule has 0 heterocycles. The summed E-state index contributed by atoms with van der Waals surface area (Å²) in [7, 11) is -4.09. The Labute approximate surface area is 358 Å². The summed E-state index contributed by atoms with van der Waals surface area (Å²) in [6.45, 7) is 0. The van der Waals surface area contributed by atoms with Gasteiger partial charge in [-0.05, 0) is 58.9 Å². The normalized spacial score (nSPS) is 27.3. The molecular formula is C48H92O4Si2Ti. The van der Waals surface area contributed by atoms with Crippen molar-refractivity contribution in [3.05, 3.63) is 0 Å². The molecular weight excluding hydrogens is 745 g/mol. The zero-order valence-corrected chi connectivity index (χ0v) is 39.8. The molecule has 0 amide bonds. The summed E-state index contributed by atoms with van der Waals surface area (Å²) in [6.07, 6.45) is 53.7. The molecule has 8 aliphatic rings. The maximum Gasteiger partial charge on any atom is 0.197 e. The summed E-state index contributed by atoms with van der Waals surface area (Å²) >= 11 is 0. The van der Waals surface area contributed by atoms with Crippen molar-refractivity contribution < 1.29 is 41.5 Å². The van der Waals surface area contributed by atoms with Crippen LogP contribution in [0.15, 0.2) is 0 Å². The SMILES string of the molecule is OC1CCCCC1.OC1CCCCC1.O[Si](C1CCCCC1)(C1CCCCC1)C1CCCCC1.O[Si](C1CCCCC1)(C1CCCCC1)C1CCCCC1.[Ti]. The van der Waals surface area contributed by atoms with E-state index in [0.29, 0.717) is 0 Å². The fourth-order valence-electron chi connectivity index (χ4n) is 13.6. The van der Waals surface area contributed by atoms with E-state index < -0.39 is 16.6 Å². The van der Waals surface area contributed by atoms with Crippen molar-refractivity contribution in [1.82, 2.24) is 0 Å². The summed E-state index contributed by atoms with van der Waals surface area (Å²) < 4.78 is 0. The van der Waals surface area contributed by atoms with E-state index in [1.165, 1.54) is 231 Å². The Hall–Kier alpha value is 0.988. The summed E-state index contributed by atoms with van der Waals surface area (Å²) in [4.78, 5) is 24.0.